The molecule has 0 amide bonds. The van der Waals surface area contributed by atoms with E-state index in [-0.39, 0.29) is 0 Å². The average Bonchev–Trinajstić information content (AvgIpc) is 3.17. The van der Waals surface area contributed by atoms with Crippen molar-refractivity contribution in [2.45, 2.75) is 13.2 Å². The molecule has 0 saturated heterocycles. The van der Waals surface area contributed by atoms with Gasteiger partial charge in [-0.3, -0.25) is 0 Å². The van der Waals surface area contributed by atoms with Crippen molar-refractivity contribution in [3.8, 4) is 17.1 Å². The molecule has 0 bridgehead atoms. The Morgan fingerprint density at radius 2 is 1.42 bits per heavy atom. The van der Waals surface area contributed by atoms with Gasteiger partial charge in [0.25, 0.3) is 0 Å². The first kappa shape index (κ1) is 19.4. The highest BCUT2D eigenvalue weighted by molar-refractivity contribution is 6.31. The van der Waals surface area contributed by atoms with E-state index >= 15 is 0 Å². The number of hydrogen-bond acceptors (Lipinski definition) is 2. The Hall–Kier alpha value is -3.56. The van der Waals surface area contributed by atoms with Crippen LogP contribution < -0.4 is 4.74 Å². The lowest BCUT2D eigenvalue weighted by Gasteiger charge is -2.11. The Morgan fingerprint density at radius 1 is 0.742 bits per heavy atom. The smallest absolute Gasteiger partial charge is 0.141 e. The zero-order valence-electron chi connectivity index (χ0n) is 16.9. The van der Waals surface area contributed by atoms with E-state index < -0.39 is 0 Å². The van der Waals surface area contributed by atoms with E-state index in [4.69, 9.17) is 21.3 Å². The van der Waals surface area contributed by atoms with Gasteiger partial charge in [-0.15, -0.1) is 0 Å². The number of aromatic nitrogens is 2. The van der Waals surface area contributed by atoms with Crippen LogP contribution in [0.4, 0.5) is 0 Å². The minimum Gasteiger partial charge on any atom is -0.489 e. The van der Waals surface area contributed by atoms with Crippen LogP contribution >= 0.6 is 11.6 Å². The molecule has 5 rings (SSSR count). The minimum absolute atomic E-state index is 0.547. The summed E-state index contributed by atoms with van der Waals surface area (Å²) in [7, 11) is 0. The summed E-state index contributed by atoms with van der Waals surface area (Å²) in [6.45, 7) is 1.27. The molecule has 0 aliphatic carbocycles. The van der Waals surface area contributed by atoms with Gasteiger partial charge in [-0.2, -0.15) is 0 Å². The normalized spacial score (nSPS) is 11.0. The number of ether oxygens (including phenoxy) is 1. The first-order chi connectivity index (χ1) is 15.3. The van der Waals surface area contributed by atoms with Crippen molar-refractivity contribution < 1.29 is 4.74 Å². The summed E-state index contributed by atoms with van der Waals surface area (Å²) in [5.41, 5.74) is 5.35. The zero-order valence-corrected chi connectivity index (χ0v) is 17.7. The third-order valence-corrected chi connectivity index (χ3v) is 5.49. The van der Waals surface area contributed by atoms with Gasteiger partial charge < -0.3 is 9.30 Å². The van der Waals surface area contributed by atoms with Crippen LogP contribution in [0.15, 0.2) is 103 Å². The van der Waals surface area contributed by atoms with Crippen LogP contribution in [0.25, 0.3) is 22.4 Å². The van der Waals surface area contributed by atoms with E-state index in [9.17, 15) is 0 Å². The summed E-state index contributed by atoms with van der Waals surface area (Å²) < 4.78 is 8.16. The fourth-order valence-electron chi connectivity index (χ4n) is 3.68. The lowest BCUT2D eigenvalue weighted by atomic mass is 10.2. The second kappa shape index (κ2) is 8.66. The van der Waals surface area contributed by atoms with Crippen LogP contribution in [0.1, 0.15) is 11.1 Å². The molecular formula is C27H21ClN2O. The maximum Gasteiger partial charge on any atom is 0.141 e. The molecule has 4 aromatic carbocycles. The molecule has 0 atom stereocenters. The van der Waals surface area contributed by atoms with E-state index in [1.54, 1.807) is 0 Å². The van der Waals surface area contributed by atoms with Crippen LogP contribution in [0.5, 0.6) is 5.75 Å². The number of rotatable bonds is 6. The van der Waals surface area contributed by atoms with Gasteiger partial charge in [0.15, 0.2) is 0 Å². The predicted molar refractivity (Wildman–Crippen MR) is 126 cm³/mol. The van der Waals surface area contributed by atoms with Crippen molar-refractivity contribution in [1.82, 2.24) is 9.55 Å². The Kier molecular flexibility index (Phi) is 5.42. The van der Waals surface area contributed by atoms with Crippen molar-refractivity contribution in [3.05, 3.63) is 119 Å². The first-order valence-corrected chi connectivity index (χ1v) is 10.6. The molecule has 0 saturated carbocycles. The Balaban J connectivity index is 1.47. The monoisotopic (exact) mass is 424 g/mol. The van der Waals surface area contributed by atoms with Crippen LogP contribution in [0.3, 0.4) is 0 Å². The van der Waals surface area contributed by atoms with Gasteiger partial charge in [0.2, 0.25) is 0 Å². The van der Waals surface area contributed by atoms with Gasteiger partial charge in [0.1, 0.15) is 18.2 Å². The summed E-state index contributed by atoms with van der Waals surface area (Å²) in [4.78, 5) is 4.91. The Morgan fingerprint density at radius 3 is 2.13 bits per heavy atom. The van der Waals surface area contributed by atoms with E-state index in [0.29, 0.717) is 11.6 Å². The molecule has 1 heterocycles. The van der Waals surface area contributed by atoms with Gasteiger partial charge in [0, 0.05) is 17.1 Å². The third kappa shape index (κ3) is 4.32. The first-order valence-electron chi connectivity index (χ1n) is 10.2. The quantitative estimate of drug-likeness (QED) is 0.294. The topological polar surface area (TPSA) is 27.1 Å². The van der Waals surface area contributed by atoms with Crippen LogP contribution in [-0.2, 0) is 13.2 Å². The molecule has 0 spiro atoms. The van der Waals surface area contributed by atoms with Crippen LogP contribution in [0, 0.1) is 0 Å². The molecule has 0 unspecified atom stereocenters. The lowest BCUT2D eigenvalue weighted by Crippen LogP contribution is -2.02. The van der Waals surface area contributed by atoms with Crippen molar-refractivity contribution in [1.29, 1.82) is 0 Å². The Bertz CT molecular complexity index is 1300. The van der Waals surface area contributed by atoms with Gasteiger partial charge in [-0.25, -0.2) is 4.98 Å². The van der Waals surface area contributed by atoms with Crippen molar-refractivity contribution >= 4 is 22.6 Å². The maximum atomic E-state index is 6.30. The molecule has 0 N–H and O–H groups in total. The molecule has 5 aromatic rings. The number of hydrogen-bond donors (Lipinski definition) is 0. The predicted octanol–water partition coefficient (Wildman–Crippen LogP) is 6.98. The number of halogens is 1. The van der Waals surface area contributed by atoms with E-state index in [2.05, 4.69) is 53.1 Å². The molecule has 4 heteroatoms. The molecule has 31 heavy (non-hydrogen) atoms. The summed E-state index contributed by atoms with van der Waals surface area (Å²) in [6.07, 6.45) is 0. The fraction of sp³-hybridized carbons (Fsp3) is 0.0741. The SMILES string of the molecule is Clc1ccc2nc(-c3ccc(OCc4ccccc4)cc3)n(Cc3ccccc3)c2c1. The highest BCUT2D eigenvalue weighted by Gasteiger charge is 2.14. The lowest BCUT2D eigenvalue weighted by molar-refractivity contribution is 0.306. The number of fused-ring (bicyclic) bond motifs is 1. The molecule has 152 valence electrons. The minimum atomic E-state index is 0.547. The molecule has 0 aliphatic rings. The molecule has 1 aromatic heterocycles. The summed E-state index contributed by atoms with van der Waals surface area (Å²) in [6, 6.07) is 34.5. The highest BCUT2D eigenvalue weighted by atomic mass is 35.5. The van der Waals surface area contributed by atoms with E-state index in [1.165, 1.54) is 5.56 Å². The number of benzene rings is 4. The highest BCUT2D eigenvalue weighted by Crippen LogP contribution is 2.29. The summed E-state index contributed by atoms with van der Waals surface area (Å²) in [5.74, 6) is 1.75. The summed E-state index contributed by atoms with van der Waals surface area (Å²) in [5, 5.41) is 0.706. The number of nitrogens with zero attached hydrogens (tertiary/aromatic N) is 2. The van der Waals surface area contributed by atoms with E-state index in [0.717, 1.165) is 40.3 Å². The number of imidazole rings is 1. The molecular weight excluding hydrogens is 404 g/mol. The second-order valence-electron chi connectivity index (χ2n) is 7.44. The van der Waals surface area contributed by atoms with Gasteiger partial charge in [0.05, 0.1) is 11.0 Å². The standard InChI is InChI=1S/C27H21ClN2O/c28-23-13-16-25-26(17-23)30(18-20-7-3-1-4-8-20)27(29-25)22-11-14-24(15-12-22)31-19-21-9-5-2-6-10-21/h1-17H,18-19H2. The van der Waals surface area contributed by atoms with Crippen LogP contribution in [-0.4, -0.2) is 9.55 Å². The molecule has 0 radical (unpaired) electrons. The molecule has 3 nitrogen and oxygen atoms in total. The fourth-order valence-corrected chi connectivity index (χ4v) is 3.85. The molecule has 0 fully saturated rings. The average molecular weight is 425 g/mol. The van der Waals surface area contributed by atoms with Gasteiger partial charge in [-0.1, -0.05) is 72.3 Å². The van der Waals surface area contributed by atoms with Crippen molar-refractivity contribution in [2.24, 2.45) is 0 Å². The summed E-state index contributed by atoms with van der Waals surface area (Å²) >= 11 is 6.30. The zero-order chi connectivity index (χ0) is 21.0. The van der Waals surface area contributed by atoms with Gasteiger partial charge in [-0.05, 0) is 53.6 Å². The molecule has 0 aliphatic heterocycles. The van der Waals surface area contributed by atoms with Crippen molar-refractivity contribution in [3.63, 3.8) is 0 Å². The van der Waals surface area contributed by atoms with Crippen molar-refractivity contribution in [2.75, 3.05) is 0 Å². The van der Waals surface area contributed by atoms with Crippen LogP contribution in [0.2, 0.25) is 5.02 Å². The largest absolute Gasteiger partial charge is 0.489 e. The third-order valence-electron chi connectivity index (χ3n) is 5.25. The second-order valence-corrected chi connectivity index (χ2v) is 7.88. The Labute approximate surface area is 186 Å². The van der Waals surface area contributed by atoms with E-state index in [1.807, 2.05) is 54.6 Å². The maximum absolute atomic E-state index is 6.30. The van der Waals surface area contributed by atoms with Gasteiger partial charge >= 0.3 is 0 Å².